The van der Waals surface area contributed by atoms with Gasteiger partial charge in [0.25, 0.3) is 5.91 Å². The summed E-state index contributed by atoms with van der Waals surface area (Å²) in [4.78, 5) is 17.5. The number of benzene rings is 2. The van der Waals surface area contributed by atoms with E-state index in [-0.39, 0.29) is 11.7 Å². The van der Waals surface area contributed by atoms with Crippen LogP contribution in [0.3, 0.4) is 0 Å². The highest BCUT2D eigenvalue weighted by Gasteiger charge is 2.28. The third-order valence-electron chi connectivity index (χ3n) is 4.26. The Bertz CT molecular complexity index is 790. The molecule has 2 aromatic carbocycles. The lowest BCUT2D eigenvalue weighted by Crippen LogP contribution is -2.35. The van der Waals surface area contributed by atoms with Crippen LogP contribution in [0.5, 0.6) is 5.75 Å². The highest BCUT2D eigenvalue weighted by Crippen LogP contribution is 2.19. The van der Waals surface area contributed by atoms with Gasteiger partial charge >= 0.3 is 0 Å². The Labute approximate surface area is 151 Å². The highest BCUT2D eigenvalue weighted by molar-refractivity contribution is 6.04. The number of nitrogens with zero attached hydrogens (tertiary/aromatic N) is 1. The van der Waals surface area contributed by atoms with E-state index in [1.165, 1.54) is 6.07 Å². The van der Waals surface area contributed by atoms with E-state index in [2.05, 4.69) is 10.5 Å². The Morgan fingerprint density at radius 3 is 2.77 bits per heavy atom. The Morgan fingerprint density at radius 2 is 2.04 bits per heavy atom. The molecule has 0 spiro atoms. The average Bonchev–Trinajstić information content (AvgIpc) is 3.17. The van der Waals surface area contributed by atoms with E-state index in [1.807, 2.05) is 24.3 Å². The predicted molar refractivity (Wildman–Crippen MR) is 96.8 cm³/mol. The summed E-state index contributed by atoms with van der Waals surface area (Å²) in [6.07, 6.45) is 1.03. The molecule has 0 fully saturated rings. The van der Waals surface area contributed by atoms with Crippen molar-refractivity contribution in [1.29, 1.82) is 0 Å². The van der Waals surface area contributed by atoms with Gasteiger partial charge in [0.15, 0.2) is 0 Å². The third kappa shape index (κ3) is 4.39. The summed E-state index contributed by atoms with van der Waals surface area (Å²) in [6, 6.07) is 14.1. The van der Waals surface area contributed by atoms with Gasteiger partial charge in [0.05, 0.1) is 12.8 Å². The molecule has 1 unspecified atom stereocenters. The lowest BCUT2D eigenvalue weighted by atomic mass is 10.0. The van der Waals surface area contributed by atoms with Crippen LogP contribution in [0.1, 0.15) is 24.0 Å². The number of nitrogens with one attached hydrogen (secondary N) is 1. The summed E-state index contributed by atoms with van der Waals surface area (Å²) in [6.45, 7) is 0.463. The fraction of sp³-hybridized carbons (Fsp3) is 0.300. The van der Waals surface area contributed by atoms with Gasteiger partial charge in [0.2, 0.25) is 6.10 Å². The second-order valence-electron chi connectivity index (χ2n) is 6.05. The zero-order valence-electron chi connectivity index (χ0n) is 14.6. The lowest BCUT2D eigenvalue weighted by molar-refractivity contribution is -0.131. The molecule has 0 saturated carbocycles. The van der Waals surface area contributed by atoms with E-state index in [4.69, 9.17) is 9.57 Å². The molecule has 1 heterocycles. The maximum absolute atomic E-state index is 13.5. The number of ether oxygens (including phenoxy) is 1. The van der Waals surface area contributed by atoms with Crippen molar-refractivity contribution in [1.82, 2.24) is 5.32 Å². The van der Waals surface area contributed by atoms with Gasteiger partial charge in [0.1, 0.15) is 11.6 Å². The smallest absolute Gasteiger partial charge is 0.264 e. The molecular formula is C20H21FN2O3. The summed E-state index contributed by atoms with van der Waals surface area (Å²) in [5.41, 5.74) is 2.30. The van der Waals surface area contributed by atoms with E-state index in [9.17, 15) is 9.18 Å². The summed E-state index contributed by atoms with van der Waals surface area (Å²) < 4.78 is 18.7. The average molecular weight is 356 g/mol. The van der Waals surface area contributed by atoms with Gasteiger partial charge in [-0.3, -0.25) is 4.79 Å². The van der Waals surface area contributed by atoms with Crippen molar-refractivity contribution in [2.45, 2.75) is 25.4 Å². The number of carbonyl (C=O) groups is 1. The topological polar surface area (TPSA) is 59.9 Å². The molecule has 26 heavy (non-hydrogen) atoms. The first-order valence-corrected chi connectivity index (χ1v) is 8.55. The molecule has 3 rings (SSSR count). The standard InChI is InChI=1S/C20H21FN2O3/c1-25-16-10-8-15(9-11-16)18-13-19(26-23-18)20(24)22-12-4-6-14-5-2-3-7-17(14)21/h2-3,5,7-11,19H,4,6,12-13H2,1H3,(H,22,24). The number of aryl methyl sites for hydroxylation is 1. The number of halogens is 1. The van der Waals surface area contributed by atoms with Crippen LogP contribution in [0.2, 0.25) is 0 Å². The molecule has 6 heteroatoms. The van der Waals surface area contributed by atoms with Gasteiger partial charge < -0.3 is 14.9 Å². The predicted octanol–water partition coefficient (Wildman–Crippen LogP) is 3.08. The molecule has 0 saturated heterocycles. The van der Waals surface area contributed by atoms with E-state index in [0.717, 1.165) is 17.0 Å². The fourth-order valence-electron chi connectivity index (χ4n) is 2.78. The van der Waals surface area contributed by atoms with Crippen LogP contribution in [-0.2, 0) is 16.1 Å². The van der Waals surface area contributed by atoms with Gasteiger partial charge in [-0.15, -0.1) is 0 Å². The molecule has 2 aromatic rings. The molecule has 136 valence electrons. The molecular weight excluding hydrogens is 335 g/mol. The SMILES string of the molecule is COc1ccc(C2=NOC(C(=O)NCCCc3ccccc3F)C2)cc1. The quantitative estimate of drug-likeness (QED) is 0.776. The number of hydrogen-bond acceptors (Lipinski definition) is 4. The molecule has 1 N–H and O–H groups in total. The third-order valence-corrected chi connectivity index (χ3v) is 4.26. The monoisotopic (exact) mass is 356 g/mol. The van der Waals surface area contributed by atoms with Crippen molar-refractivity contribution in [2.75, 3.05) is 13.7 Å². The summed E-state index contributed by atoms with van der Waals surface area (Å²) in [5, 5.41) is 6.84. The fourth-order valence-corrected chi connectivity index (χ4v) is 2.78. The van der Waals surface area contributed by atoms with Gasteiger partial charge in [-0.1, -0.05) is 23.4 Å². The molecule has 1 aliphatic rings. The van der Waals surface area contributed by atoms with Crippen molar-refractivity contribution in [3.8, 4) is 5.75 Å². The van der Waals surface area contributed by atoms with E-state index >= 15 is 0 Å². The molecule has 1 aliphatic heterocycles. The first-order chi connectivity index (χ1) is 12.7. The minimum absolute atomic E-state index is 0.203. The van der Waals surface area contributed by atoms with Crippen LogP contribution in [0.4, 0.5) is 4.39 Å². The van der Waals surface area contributed by atoms with Gasteiger partial charge in [-0.05, 0) is 54.3 Å². The number of rotatable bonds is 7. The van der Waals surface area contributed by atoms with Crippen molar-refractivity contribution in [2.24, 2.45) is 5.16 Å². The molecule has 0 aliphatic carbocycles. The normalized spacial score (nSPS) is 15.9. The Morgan fingerprint density at radius 1 is 1.27 bits per heavy atom. The molecule has 5 nitrogen and oxygen atoms in total. The Balaban J connectivity index is 1.43. The van der Waals surface area contributed by atoms with Crippen molar-refractivity contribution in [3.63, 3.8) is 0 Å². The zero-order valence-corrected chi connectivity index (χ0v) is 14.6. The van der Waals surface area contributed by atoms with Crippen molar-refractivity contribution >= 4 is 11.6 Å². The minimum Gasteiger partial charge on any atom is -0.497 e. The van der Waals surface area contributed by atoms with Crippen LogP contribution in [-0.4, -0.2) is 31.4 Å². The van der Waals surface area contributed by atoms with Crippen LogP contribution in [0.25, 0.3) is 0 Å². The van der Waals surface area contributed by atoms with E-state index < -0.39 is 6.10 Å². The summed E-state index contributed by atoms with van der Waals surface area (Å²) >= 11 is 0. The Kier molecular flexibility index (Phi) is 5.84. The summed E-state index contributed by atoms with van der Waals surface area (Å²) in [5.74, 6) is 0.346. The second-order valence-corrected chi connectivity index (χ2v) is 6.05. The number of methoxy groups -OCH3 is 1. The minimum atomic E-state index is -0.624. The molecule has 0 bridgehead atoms. The number of hydrogen-bond donors (Lipinski definition) is 1. The number of carbonyl (C=O) groups excluding carboxylic acids is 1. The van der Waals surface area contributed by atoms with Crippen LogP contribution >= 0.6 is 0 Å². The zero-order chi connectivity index (χ0) is 18.4. The molecule has 0 radical (unpaired) electrons. The number of oxime groups is 1. The number of amides is 1. The van der Waals surface area contributed by atoms with Gasteiger partial charge in [-0.2, -0.15) is 0 Å². The van der Waals surface area contributed by atoms with Crippen molar-refractivity contribution in [3.05, 3.63) is 65.5 Å². The van der Waals surface area contributed by atoms with Gasteiger partial charge in [-0.25, -0.2) is 4.39 Å². The van der Waals surface area contributed by atoms with E-state index in [1.54, 1.807) is 25.3 Å². The maximum Gasteiger partial charge on any atom is 0.264 e. The second kappa shape index (κ2) is 8.47. The summed E-state index contributed by atoms with van der Waals surface area (Å²) in [7, 11) is 1.61. The highest BCUT2D eigenvalue weighted by atomic mass is 19.1. The molecule has 0 aromatic heterocycles. The maximum atomic E-state index is 13.5. The van der Waals surface area contributed by atoms with Gasteiger partial charge in [0, 0.05) is 13.0 Å². The molecule has 1 atom stereocenters. The van der Waals surface area contributed by atoms with Crippen LogP contribution < -0.4 is 10.1 Å². The van der Waals surface area contributed by atoms with Crippen LogP contribution in [0, 0.1) is 5.82 Å². The largest absolute Gasteiger partial charge is 0.497 e. The van der Waals surface area contributed by atoms with Crippen LogP contribution in [0.15, 0.2) is 53.7 Å². The Hall–Kier alpha value is -2.89. The molecule has 1 amide bonds. The first-order valence-electron chi connectivity index (χ1n) is 8.55. The first kappa shape index (κ1) is 17.9. The van der Waals surface area contributed by atoms with Crippen molar-refractivity contribution < 1.29 is 18.8 Å². The lowest BCUT2D eigenvalue weighted by Gasteiger charge is -2.09. The van der Waals surface area contributed by atoms with E-state index in [0.29, 0.717) is 31.4 Å².